The van der Waals surface area contributed by atoms with E-state index >= 15 is 0 Å². The number of fused-ring (bicyclic) bond motifs is 2. The fraction of sp³-hybridized carbons (Fsp3) is 0.282. The van der Waals surface area contributed by atoms with E-state index in [0.717, 1.165) is 28.8 Å². The summed E-state index contributed by atoms with van der Waals surface area (Å²) in [6.07, 6.45) is -0.0937. The van der Waals surface area contributed by atoms with Crippen LogP contribution in [0.4, 0.5) is 19.4 Å². The van der Waals surface area contributed by atoms with Crippen LogP contribution in [0.1, 0.15) is 43.8 Å². The first-order valence-electron chi connectivity index (χ1n) is 17.2. The van der Waals surface area contributed by atoms with Crippen LogP contribution in [0.25, 0.3) is 27.5 Å². The molecule has 1 atom stereocenters. The van der Waals surface area contributed by atoms with Crippen LogP contribution in [0.2, 0.25) is 5.02 Å². The third-order valence-electron chi connectivity index (χ3n) is 8.73. The fourth-order valence-corrected chi connectivity index (χ4v) is 7.48. The van der Waals surface area contributed by atoms with E-state index in [-0.39, 0.29) is 68.4 Å². The Bertz CT molecular complexity index is 2620. The summed E-state index contributed by atoms with van der Waals surface area (Å²) < 4.78 is 76.1. The number of hydrogen-bond acceptors (Lipinski definition) is 9. The van der Waals surface area contributed by atoms with Gasteiger partial charge in [0.1, 0.15) is 39.9 Å². The molecule has 0 fully saturated rings. The van der Waals surface area contributed by atoms with Crippen LogP contribution in [0.3, 0.4) is 0 Å². The van der Waals surface area contributed by atoms with Crippen LogP contribution in [0.15, 0.2) is 77.6 Å². The molecule has 2 aromatic heterocycles. The lowest BCUT2D eigenvalue weighted by atomic mass is 10.0. The van der Waals surface area contributed by atoms with Crippen molar-refractivity contribution in [2.45, 2.75) is 45.4 Å². The van der Waals surface area contributed by atoms with Crippen molar-refractivity contribution >= 4 is 55.3 Å². The van der Waals surface area contributed by atoms with Gasteiger partial charge < -0.3 is 19.5 Å². The molecule has 0 aliphatic carbocycles. The molecule has 56 heavy (non-hydrogen) atoms. The Labute approximate surface area is 326 Å². The number of methoxy groups -OCH3 is 2. The topological polar surface area (TPSA) is 147 Å². The highest BCUT2D eigenvalue weighted by Gasteiger charge is 2.31. The average molecular weight is 809 g/mol. The number of nitrogens with zero attached hydrogens (tertiary/aromatic N) is 5. The number of ether oxygens (including phenoxy) is 3. The van der Waals surface area contributed by atoms with E-state index in [4.69, 9.17) is 30.8 Å². The number of aryl methyl sites for hydroxylation is 1. The molecule has 0 aliphatic rings. The molecule has 6 aromatic rings. The van der Waals surface area contributed by atoms with Gasteiger partial charge in [0.25, 0.3) is 5.56 Å². The number of halogens is 3. The maximum Gasteiger partial charge on any atom is 0.408 e. The van der Waals surface area contributed by atoms with Crippen molar-refractivity contribution in [1.29, 1.82) is 0 Å². The van der Waals surface area contributed by atoms with E-state index in [1.165, 1.54) is 35.6 Å². The van der Waals surface area contributed by atoms with Crippen molar-refractivity contribution in [1.82, 2.24) is 24.6 Å². The summed E-state index contributed by atoms with van der Waals surface area (Å²) in [7, 11) is 0.484. The third-order valence-corrected chi connectivity index (χ3v) is 10.1. The molecular weight excluding hydrogens is 770 g/mol. The SMILES string of the molecule is COc1ccc(CN(c2nn(C)c3c(-n4c(C(Cc5cc(F)cc(F)c5)NC(=O)OC(C)(C)C)nc5cccc(OC)c5c4=O)ccc(Cl)c23)S(C)(=O)=O)cc1. The molecule has 4 aromatic carbocycles. The number of rotatable bonds is 11. The predicted molar refractivity (Wildman–Crippen MR) is 209 cm³/mol. The quantitative estimate of drug-likeness (QED) is 0.146. The van der Waals surface area contributed by atoms with Crippen molar-refractivity contribution in [3.8, 4) is 17.2 Å². The van der Waals surface area contributed by atoms with Crippen LogP contribution in [-0.4, -0.2) is 59.9 Å². The Morgan fingerprint density at radius 3 is 2.25 bits per heavy atom. The normalized spacial score (nSPS) is 12.5. The lowest BCUT2D eigenvalue weighted by Gasteiger charge is -2.26. The number of amides is 1. The summed E-state index contributed by atoms with van der Waals surface area (Å²) in [5.74, 6) is -1.00. The largest absolute Gasteiger partial charge is 0.497 e. The minimum atomic E-state index is -3.99. The second-order valence-corrected chi connectivity index (χ2v) is 16.3. The van der Waals surface area contributed by atoms with Gasteiger partial charge in [0.15, 0.2) is 5.82 Å². The molecular formula is C39H39ClF2N6O7S. The minimum absolute atomic E-state index is 0.0211. The Morgan fingerprint density at radius 1 is 0.964 bits per heavy atom. The summed E-state index contributed by atoms with van der Waals surface area (Å²) in [4.78, 5) is 33.2. The summed E-state index contributed by atoms with van der Waals surface area (Å²) in [5.41, 5.74) is -0.255. The van der Waals surface area contributed by atoms with Gasteiger partial charge in [-0.25, -0.2) is 31.3 Å². The van der Waals surface area contributed by atoms with Gasteiger partial charge >= 0.3 is 6.09 Å². The molecule has 2 heterocycles. The van der Waals surface area contributed by atoms with Crippen LogP contribution in [0, 0.1) is 11.6 Å². The van der Waals surface area contributed by atoms with E-state index in [1.807, 2.05) is 0 Å². The molecule has 0 saturated heterocycles. The maximum absolute atomic E-state index is 14.9. The first-order chi connectivity index (χ1) is 26.4. The van der Waals surface area contributed by atoms with Crippen LogP contribution >= 0.6 is 11.6 Å². The number of sulfonamides is 1. The lowest BCUT2D eigenvalue weighted by molar-refractivity contribution is 0.0500. The highest BCUT2D eigenvalue weighted by atomic mass is 35.5. The number of anilines is 1. The smallest absolute Gasteiger partial charge is 0.408 e. The number of carbonyl (C=O) groups is 1. The van der Waals surface area contributed by atoms with E-state index in [9.17, 15) is 26.8 Å². The van der Waals surface area contributed by atoms with Crippen LogP contribution in [-0.2, 0) is 34.8 Å². The number of benzene rings is 4. The minimum Gasteiger partial charge on any atom is -0.497 e. The number of hydrogen-bond donors (Lipinski definition) is 1. The zero-order valence-corrected chi connectivity index (χ0v) is 33.1. The molecule has 0 bridgehead atoms. The van der Waals surface area contributed by atoms with E-state index in [1.54, 1.807) is 70.3 Å². The monoisotopic (exact) mass is 808 g/mol. The van der Waals surface area contributed by atoms with Crippen LogP contribution < -0.4 is 24.7 Å². The Morgan fingerprint density at radius 2 is 1.64 bits per heavy atom. The van der Waals surface area contributed by atoms with E-state index in [0.29, 0.717) is 11.3 Å². The number of nitrogens with one attached hydrogen (secondary N) is 1. The van der Waals surface area contributed by atoms with Crippen molar-refractivity contribution in [3.63, 3.8) is 0 Å². The number of aromatic nitrogens is 4. The molecule has 6 rings (SSSR count). The summed E-state index contributed by atoms with van der Waals surface area (Å²) in [5, 5.41) is 7.77. The van der Waals surface area contributed by atoms with Gasteiger partial charge in [-0.2, -0.15) is 5.10 Å². The Hall–Kier alpha value is -5.74. The second kappa shape index (κ2) is 15.4. The number of alkyl carbamates (subject to hydrolysis) is 1. The second-order valence-electron chi connectivity index (χ2n) is 14.0. The van der Waals surface area contributed by atoms with Gasteiger partial charge in [-0.05, 0) is 80.4 Å². The maximum atomic E-state index is 14.9. The standard InChI is InChI=1S/C39H39ClF2N6O7S/c1-39(2,3)55-38(50)44-29(19-23-17-24(41)20-25(42)18-23)35-43-28-9-8-10-31(54-6)33(28)37(49)48(35)30-16-15-27(40)32-34(30)46(4)45-36(32)47(56(7,51)52)21-22-11-13-26(53-5)14-12-22/h8-18,20,29H,19,21H2,1-7H3,(H,44,50). The van der Waals surface area contributed by atoms with Crippen molar-refractivity contribution in [2.24, 2.45) is 7.05 Å². The summed E-state index contributed by atoms with van der Waals surface area (Å²) in [6.45, 7) is 4.87. The molecule has 17 heteroatoms. The molecule has 13 nitrogen and oxygen atoms in total. The summed E-state index contributed by atoms with van der Waals surface area (Å²) in [6, 6.07) is 16.4. The average Bonchev–Trinajstić information content (AvgIpc) is 3.46. The van der Waals surface area contributed by atoms with Crippen LogP contribution in [0.5, 0.6) is 11.5 Å². The van der Waals surface area contributed by atoms with Gasteiger partial charge in [0, 0.05) is 19.5 Å². The molecule has 1 amide bonds. The molecule has 0 aliphatic heterocycles. The van der Waals surface area contributed by atoms with Crippen molar-refractivity contribution in [2.75, 3.05) is 24.8 Å². The molecule has 0 radical (unpaired) electrons. The fourth-order valence-electron chi connectivity index (χ4n) is 6.41. The Kier molecular flexibility index (Phi) is 11.0. The molecule has 1 N–H and O–H groups in total. The van der Waals surface area contributed by atoms with Gasteiger partial charge in [-0.1, -0.05) is 29.8 Å². The van der Waals surface area contributed by atoms with Gasteiger partial charge in [-0.3, -0.25) is 14.0 Å². The van der Waals surface area contributed by atoms with Gasteiger partial charge in [-0.15, -0.1) is 0 Å². The molecule has 1 unspecified atom stereocenters. The Balaban J connectivity index is 1.65. The highest BCUT2D eigenvalue weighted by molar-refractivity contribution is 7.92. The predicted octanol–water partition coefficient (Wildman–Crippen LogP) is 7.00. The third kappa shape index (κ3) is 8.26. The highest BCUT2D eigenvalue weighted by Crippen LogP contribution is 2.38. The molecule has 0 spiro atoms. The van der Waals surface area contributed by atoms with Crippen molar-refractivity contribution in [3.05, 3.63) is 117 Å². The van der Waals surface area contributed by atoms with Gasteiger partial charge in [0.2, 0.25) is 10.0 Å². The van der Waals surface area contributed by atoms with Gasteiger partial charge in [0.05, 0.1) is 60.2 Å². The summed E-state index contributed by atoms with van der Waals surface area (Å²) >= 11 is 6.86. The first kappa shape index (κ1) is 39.9. The number of carbonyl (C=O) groups excluding carboxylic acids is 1. The van der Waals surface area contributed by atoms with Crippen molar-refractivity contribution < 1.29 is 36.2 Å². The van der Waals surface area contributed by atoms with E-state index in [2.05, 4.69) is 10.4 Å². The van der Waals surface area contributed by atoms with E-state index < -0.39 is 45.0 Å². The lowest BCUT2D eigenvalue weighted by Crippen LogP contribution is -2.39. The zero-order chi connectivity index (χ0) is 40.7. The molecule has 294 valence electrons. The first-order valence-corrected chi connectivity index (χ1v) is 19.4. The zero-order valence-electron chi connectivity index (χ0n) is 31.6. The molecule has 0 saturated carbocycles.